The summed E-state index contributed by atoms with van der Waals surface area (Å²) in [6.45, 7) is 0. The molecule has 3 N–H and O–H groups in total. The quantitative estimate of drug-likeness (QED) is 0.635. The lowest BCUT2D eigenvalue weighted by Crippen LogP contribution is -2.16. The first kappa shape index (κ1) is 19.6. The van der Waals surface area contributed by atoms with Gasteiger partial charge in [-0.3, -0.25) is 10.1 Å². The van der Waals surface area contributed by atoms with Crippen LogP contribution in [-0.2, 0) is 10.0 Å². The van der Waals surface area contributed by atoms with E-state index >= 15 is 0 Å². The van der Waals surface area contributed by atoms with Crippen LogP contribution in [0, 0.1) is 5.82 Å². The minimum atomic E-state index is -4.09. The molecule has 12 heteroatoms. The molecule has 1 aromatic heterocycles. The molecule has 0 spiro atoms. The molecule has 0 fully saturated rings. The van der Waals surface area contributed by atoms with E-state index in [1.54, 1.807) is 0 Å². The number of rotatable bonds is 4. The number of sulfonamides is 1. The Morgan fingerprint density at radius 1 is 1.15 bits per heavy atom. The van der Waals surface area contributed by atoms with Gasteiger partial charge in [-0.2, -0.15) is 0 Å². The lowest BCUT2D eigenvalue weighted by Gasteiger charge is -2.08. The Morgan fingerprint density at radius 2 is 1.81 bits per heavy atom. The van der Waals surface area contributed by atoms with E-state index in [9.17, 15) is 17.6 Å². The predicted molar refractivity (Wildman–Crippen MR) is 101 cm³/mol. The fourth-order valence-corrected chi connectivity index (χ4v) is 3.83. The maximum absolute atomic E-state index is 13.0. The van der Waals surface area contributed by atoms with E-state index in [1.807, 2.05) is 0 Å². The number of carbonyl (C=O) groups excluding carboxylic acids is 1. The minimum absolute atomic E-state index is 0.132. The molecule has 0 aliphatic rings. The number of primary sulfonamides is 1. The van der Waals surface area contributed by atoms with Gasteiger partial charge in [-0.05, 0) is 36.4 Å². The molecule has 0 atom stereocenters. The van der Waals surface area contributed by atoms with Crippen molar-refractivity contribution in [3.63, 3.8) is 0 Å². The van der Waals surface area contributed by atoms with Gasteiger partial charge < -0.3 is 0 Å². The first-order valence-corrected chi connectivity index (χ1v) is 10.2. The SMILES string of the molecule is NS(=O)(=O)c1cc(Cl)c(Cl)c(C(=O)Nc2nnc(-c3ccc(F)cc3)s2)c1. The average Bonchev–Trinajstić information content (AvgIpc) is 3.05. The molecule has 0 saturated heterocycles. The van der Waals surface area contributed by atoms with Gasteiger partial charge in [0.25, 0.3) is 5.91 Å². The highest BCUT2D eigenvalue weighted by atomic mass is 35.5. The van der Waals surface area contributed by atoms with E-state index in [2.05, 4.69) is 15.5 Å². The number of nitrogens with zero attached hydrogens (tertiary/aromatic N) is 2. The summed E-state index contributed by atoms with van der Waals surface area (Å²) in [6.07, 6.45) is 0. The van der Waals surface area contributed by atoms with Crippen LogP contribution in [-0.4, -0.2) is 24.5 Å². The van der Waals surface area contributed by atoms with Crippen molar-refractivity contribution in [1.82, 2.24) is 10.2 Å². The van der Waals surface area contributed by atoms with Crippen molar-refractivity contribution in [2.75, 3.05) is 5.32 Å². The normalized spacial score (nSPS) is 11.4. The number of nitrogens with two attached hydrogens (primary N) is 1. The average molecular weight is 447 g/mol. The summed E-state index contributed by atoms with van der Waals surface area (Å²) in [6, 6.07) is 7.65. The van der Waals surface area contributed by atoms with Crippen LogP contribution in [0.2, 0.25) is 10.0 Å². The van der Waals surface area contributed by atoms with Crippen LogP contribution in [0.15, 0.2) is 41.3 Å². The highest BCUT2D eigenvalue weighted by molar-refractivity contribution is 7.89. The van der Waals surface area contributed by atoms with Crippen molar-refractivity contribution in [2.45, 2.75) is 4.90 Å². The van der Waals surface area contributed by atoms with Crippen LogP contribution in [0.1, 0.15) is 10.4 Å². The highest BCUT2D eigenvalue weighted by Gasteiger charge is 2.20. The van der Waals surface area contributed by atoms with E-state index in [0.29, 0.717) is 10.6 Å². The molecular formula is C15H9Cl2FN4O3S2. The minimum Gasteiger partial charge on any atom is -0.296 e. The van der Waals surface area contributed by atoms with Gasteiger partial charge in [0.1, 0.15) is 10.8 Å². The number of anilines is 1. The number of hydrogen-bond acceptors (Lipinski definition) is 6. The molecule has 0 aliphatic carbocycles. The largest absolute Gasteiger partial charge is 0.296 e. The first-order valence-electron chi connectivity index (χ1n) is 7.08. The molecule has 27 heavy (non-hydrogen) atoms. The Morgan fingerprint density at radius 3 is 2.44 bits per heavy atom. The summed E-state index contributed by atoms with van der Waals surface area (Å²) in [5.41, 5.74) is 0.429. The zero-order valence-corrected chi connectivity index (χ0v) is 16.3. The summed E-state index contributed by atoms with van der Waals surface area (Å²) in [5, 5.41) is 15.6. The number of nitrogens with one attached hydrogen (secondary N) is 1. The van der Waals surface area contributed by atoms with Crippen LogP contribution >= 0.6 is 34.5 Å². The molecule has 0 saturated carbocycles. The van der Waals surface area contributed by atoms with E-state index in [-0.39, 0.29) is 25.6 Å². The second-order valence-corrected chi connectivity index (χ2v) is 8.51. The molecule has 2 aromatic carbocycles. The molecule has 1 amide bonds. The number of benzene rings is 2. The second-order valence-electron chi connectivity index (χ2n) is 5.19. The molecule has 3 rings (SSSR count). The standard InChI is InChI=1S/C15H9Cl2FN4O3S2/c16-11-6-9(27(19,24)25)5-10(12(11)17)13(23)20-15-22-21-14(26-15)7-1-3-8(18)4-2-7/h1-6H,(H2,19,24,25)(H,20,22,23). The molecular weight excluding hydrogens is 438 g/mol. The van der Waals surface area contributed by atoms with Crippen LogP contribution < -0.4 is 10.5 Å². The Balaban J connectivity index is 1.88. The van der Waals surface area contributed by atoms with Crippen LogP contribution in [0.25, 0.3) is 10.6 Å². The van der Waals surface area contributed by atoms with Gasteiger partial charge in [0, 0.05) is 5.56 Å². The smallest absolute Gasteiger partial charge is 0.259 e. The lowest BCUT2D eigenvalue weighted by molar-refractivity contribution is 0.102. The van der Waals surface area contributed by atoms with E-state index in [0.717, 1.165) is 23.5 Å². The van der Waals surface area contributed by atoms with Crippen molar-refractivity contribution in [2.24, 2.45) is 5.14 Å². The van der Waals surface area contributed by atoms with Gasteiger partial charge in [0.15, 0.2) is 0 Å². The van der Waals surface area contributed by atoms with E-state index in [1.165, 1.54) is 24.3 Å². The molecule has 7 nitrogen and oxygen atoms in total. The van der Waals surface area contributed by atoms with Crippen LogP contribution in [0.5, 0.6) is 0 Å². The zero-order valence-electron chi connectivity index (χ0n) is 13.1. The highest BCUT2D eigenvalue weighted by Crippen LogP contribution is 2.31. The molecule has 0 bridgehead atoms. The maximum Gasteiger partial charge on any atom is 0.259 e. The molecule has 1 heterocycles. The number of carbonyl (C=O) groups is 1. The maximum atomic E-state index is 13.0. The summed E-state index contributed by atoms with van der Waals surface area (Å²) < 4.78 is 36.0. The monoisotopic (exact) mass is 446 g/mol. The van der Waals surface area contributed by atoms with Crippen molar-refractivity contribution in [1.29, 1.82) is 0 Å². The fourth-order valence-electron chi connectivity index (χ4n) is 2.04. The van der Waals surface area contributed by atoms with Crippen LogP contribution in [0.4, 0.5) is 9.52 Å². The van der Waals surface area contributed by atoms with Crippen molar-refractivity contribution in [3.8, 4) is 10.6 Å². The van der Waals surface area contributed by atoms with Gasteiger partial charge in [0.2, 0.25) is 15.2 Å². The zero-order chi connectivity index (χ0) is 19.8. The van der Waals surface area contributed by atoms with Crippen molar-refractivity contribution in [3.05, 3.63) is 57.8 Å². The van der Waals surface area contributed by atoms with Gasteiger partial charge >= 0.3 is 0 Å². The Bertz CT molecular complexity index is 1130. The van der Waals surface area contributed by atoms with E-state index in [4.69, 9.17) is 28.3 Å². The van der Waals surface area contributed by atoms with Crippen molar-refractivity contribution < 1.29 is 17.6 Å². The Labute approximate surface area is 167 Å². The lowest BCUT2D eigenvalue weighted by atomic mass is 10.2. The summed E-state index contributed by atoms with van der Waals surface area (Å²) in [7, 11) is -4.09. The Kier molecular flexibility index (Phi) is 5.45. The number of aromatic nitrogens is 2. The number of hydrogen-bond donors (Lipinski definition) is 2. The third-order valence-corrected chi connectivity index (χ3v) is 5.89. The third kappa shape index (κ3) is 4.42. The van der Waals surface area contributed by atoms with E-state index < -0.39 is 21.7 Å². The predicted octanol–water partition coefficient (Wildman–Crippen LogP) is 3.55. The van der Waals surface area contributed by atoms with Crippen LogP contribution in [0.3, 0.4) is 0 Å². The number of halogens is 3. The summed E-state index contributed by atoms with van der Waals surface area (Å²) in [4.78, 5) is 12.1. The van der Waals surface area contributed by atoms with Gasteiger partial charge in [0.05, 0.1) is 20.5 Å². The topological polar surface area (TPSA) is 115 Å². The fraction of sp³-hybridized carbons (Fsp3) is 0. The summed E-state index contributed by atoms with van der Waals surface area (Å²) in [5.74, 6) is -1.13. The molecule has 0 radical (unpaired) electrons. The van der Waals surface area contributed by atoms with Gasteiger partial charge in [-0.15, -0.1) is 10.2 Å². The molecule has 0 aliphatic heterocycles. The molecule has 3 aromatic rings. The first-order chi connectivity index (χ1) is 12.6. The second kappa shape index (κ2) is 7.49. The Hall–Kier alpha value is -2.11. The number of amides is 1. The molecule has 140 valence electrons. The van der Waals surface area contributed by atoms with Gasteiger partial charge in [-0.25, -0.2) is 17.9 Å². The van der Waals surface area contributed by atoms with Crippen molar-refractivity contribution >= 4 is 55.6 Å². The molecule has 0 unspecified atom stereocenters. The third-order valence-electron chi connectivity index (χ3n) is 3.31. The van der Waals surface area contributed by atoms with Gasteiger partial charge in [-0.1, -0.05) is 34.5 Å². The summed E-state index contributed by atoms with van der Waals surface area (Å²) >= 11 is 12.9.